The number of benzene rings is 8. The van der Waals surface area contributed by atoms with Gasteiger partial charge in [-0.1, -0.05) is 109 Å². The van der Waals surface area contributed by atoms with Gasteiger partial charge in [-0.15, -0.1) is 0 Å². The van der Waals surface area contributed by atoms with E-state index in [1.165, 1.54) is 60.4 Å². The highest BCUT2D eigenvalue weighted by atomic mass is 15.1. The van der Waals surface area contributed by atoms with Crippen LogP contribution in [0.3, 0.4) is 0 Å². The number of para-hydroxylation sites is 5. The molecule has 2 heterocycles. The van der Waals surface area contributed by atoms with E-state index in [1.54, 1.807) is 0 Å². The third-order valence-corrected chi connectivity index (χ3v) is 10.1. The molecule has 0 fully saturated rings. The minimum absolute atomic E-state index is 1.11. The second kappa shape index (κ2) is 11.9. The molecule has 10 rings (SSSR count). The zero-order valence-electron chi connectivity index (χ0n) is 27.9. The summed E-state index contributed by atoms with van der Waals surface area (Å²) in [6, 6.07) is 72.0. The maximum absolute atomic E-state index is 2.41. The van der Waals surface area contributed by atoms with Gasteiger partial charge in [0.15, 0.2) is 0 Å². The van der Waals surface area contributed by atoms with E-state index >= 15 is 0 Å². The van der Waals surface area contributed by atoms with Gasteiger partial charge in [0.1, 0.15) is 0 Å². The molecule has 240 valence electrons. The third-order valence-electron chi connectivity index (χ3n) is 10.1. The second-order valence-electron chi connectivity index (χ2n) is 13.0. The summed E-state index contributed by atoms with van der Waals surface area (Å²) < 4.78 is 4.78. The summed E-state index contributed by atoms with van der Waals surface area (Å²) in [6.45, 7) is 0. The quantitative estimate of drug-likeness (QED) is 0.174. The third kappa shape index (κ3) is 4.82. The van der Waals surface area contributed by atoms with Gasteiger partial charge in [-0.25, -0.2) is 0 Å². The fourth-order valence-corrected chi connectivity index (χ4v) is 7.79. The molecule has 0 unspecified atom stereocenters. The van der Waals surface area contributed by atoms with Crippen molar-refractivity contribution < 1.29 is 0 Å². The number of rotatable bonds is 6. The highest BCUT2D eigenvalue weighted by Crippen LogP contribution is 2.39. The summed E-state index contributed by atoms with van der Waals surface area (Å²) >= 11 is 0. The molecule has 0 aliphatic carbocycles. The van der Waals surface area contributed by atoms with Crippen LogP contribution in [0.15, 0.2) is 200 Å². The van der Waals surface area contributed by atoms with E-state index in [9.17, 15) is 0 Å². The van der Waals surface area contributed by atoms with Crippen molar-refractivity contribution in [3.8, 4) is 22.5 Å². The molecule has 0 bridgehead atoms. The van der Waals surface area contributed by atoms with Crippen LogP contribution in [-0.2, 0) is 0 Å². The van der Waals surface area contributed by atoms with E-state index < -0.39 is 0 Å². The first-order valence-corrected chi connectivity index (χ1v) is 17.4. The van der Waals surface area contributed by atoms with Gasteiger partial charge >= 0.3 is 0 Å². The van der Waals surface area contributed by atoms with Crippen molar-refractivity contribution in [3.63, 3.8) is 0 Å². The predicted octanol–water partition coefficient (Wildman–Crippen LogP) is 13.0. The Kier molecular flexibility index (Phi) is 6.81. The van der Waals surface area contributed by atoms with Crippen LogP contribution in [0.4, 0.5) is 17.1 Å². The maximum atomic E-state index is 2.41. The van der Waals surface area contributed by atoms with E-state index in [0.717, 1.165) is 22.7 Å². The Morgan fingerprint density at radius 1 is 0.275 bits per heavy atom. The van der Waals surface area contributed by atoms with Gasteiger partial charge in [0.25, 0.3) is 0 Å². The van der Waals surface area contributed by atoms with Gasteiger partial charge in [0.2, 0.25) is 0 Å². The van der Waals surface area contributed by atoms with Gasteiger partial charge in [-0.3, -0.25) is 0 Å². The molecule has 2 aromatic heterocycles. The van der Waals surface area contributed by atoms with Crippen LogP contribution in [0, 0.1) is 0 Å². The molecule has 0 radical (unpaired) electrons. The first-order chi connectivity index (χ1) is 25.3. The topological polar surface area (TPSA) is 13.1 Å². The lowest BCUT2D eigenvalue weighted by atomic mass is 10.0. The van der Waals surface area contributed by atoms with Crippen molar-refractivity contribution >= 4 is 60.7 Å². The lowest BCUT2D eigenvalue weighted by molar-refractivity contribution is 1.17. The predicted molar refractivity (Wildman–Crippen MR) is 215 cm³/mol. The average Bonchev–Trinajstić information content (AvgIpc) is 3.72. The fraction of sp³-hybridized carbons (Fsp3) is 0. The zero-order valence-corrected chi connectivity index (χ0v) is 27.9. The SMILES string of the molecule is c1ccc(N(c2ccccc2)c2ccc(-n3c4ccccc4c4ccc(-c5ccc6c(c5)c5ccccc5n6-c5ccccc5)cc43)cc2)cc1. The van der Waals surface area contributed by atoms with Crippen molar-refractivity contribution in [2.45, 2.75) is 0 Å². The Bertz CT molecular complexity index is 2790. The second-order valence-corrected chi connectivity index (χ2v) is 13.0. The van der Waals surface area contributed by atoms with E-state index in [0.29, 0.717) is 0 Å². The summed E-state index contributed by atoms with van der Waals surface area (Å²) in [7, 11) is 0. The average molecular weight is 652 g/mol. The van der Waals surface area contributed by atoms with Crippen LogP contribution >= 0.6 is 0 Å². The zero-order chi connectivity index (χ0) is 33.7. The van der Waals surface area contributed by atoms with E-state index in [1.807, 2.05) is 0 Å². The fourth-order valence-electron chi connectivity index (χ4n) is 7.79. The van der Waals surface area contributed by atoms with Crippen molar-refractivity contribution in [1.29, 1.82) is 0 Å². The van der Waals surface area contributed by atoms with Gasteiger partial charge in [0.05, 0.1) is 22.1 Å². The molecule has 0 saturated carbocycles. The normalized spacial score (nSPS) is 11.5. The lowest BCUT2D eigenvalue weighted by Gasteiger charge is -2.25. The molecule has 0 saturated heterocycles. The van der Waals surface area contributed by atoms with Crippen LogP contribution < -0.4 is 4.90 Å². The van der Waals surface area contributed by atoms with Crippen LogP contribution in [0.25, 0.3) is 66.1 Å². The van der Waals surface area contributed by atoms with E-state index in [4.69, 9.17) is 0 Å². The van der Waals surface area contributed by atoms with Crippen molar-refractivity contribution in [2.75, 3.05) is 4.90 Å². The molecule has 10 aromatic rings. The van der Waals surface area contributed by atoms with Crippen LogP contribution in [0.1, 0.15) is 0 Å². The smallest absolute Gasteiger partial charge is 0.0547 e. The first kappa shape index (κ1) is 29.1. The Labute approximate surface area is 296 Å². The van der Waals surface area contributed by atoms with Crippen LogP contribution in [0.2, 0.25) is 0 Å². The molecule has 0 aliphatic heterocycles. The van der Waals surface area contributed by atoms with Gasteiger partial charge in [0, 0.05) is 50.0 Å². The molecular weight excluding hydrogens is 619 g/mol. The highest BCUT2D eigenvalue weighted by molar-refractivity contribution is 6.12. The molecule has 0 N–H and O–H groups in total. The molecule has 51 heavy (non-hydrogen) atoms. The van der Waals surface area contributed by atoms with Crippen molar-refractivity contribution in [2.24, 2.45) is 0 Å². The molecule has 0 atom stereocenters. The minimum Gasteiger partial charge on any atom is -0.311 e. The monoisotopic (exact) mass is 651 g/mol. The summed E-state index contributed by atoms with van der Waals surface area (Å²) in [6.07, 6.45) is 0. The Morgan fingerprint density at radius 2 is 0.706 bits per heavy atom. The molecule has 8 aromatic carbocycles. The minimum atomic E-state index is 1.11. The highest BCUT2D eigenvalue weighted by Gasteiger charge is 2.17. The van der Waals surface area contributed by atoms with E-state index in [2.05, 4.69) is 214 Å². The Morgan fingerprint density at radius 3 is 1.35 bits per heavy atom. The van der Waals surface area contributed by atoms with Crippen molar-refractivity contribution in [1.82, 2.24) is 9.13 Å². The molecular formula is C48H33N3. The summed E-state index contributed by atoms with van der Waals surface area (Å²) in [5, 5.41) is 5.01. The summed E-state index contributed by atoms with van der Waals surface area (Å²) in [4.78, 5) is 2.30. The summed E-state index contributed by atoms with van der Waals surface area (Å²) in [5.41, 5.74) is 12.9. The maximum Gasteiger partial charge on any atom is 0.0547 e. The van der Waals surface area contributed by atoms with Gasteiger partial charge < -0.3 is 14.0 Å². The van der Waals surface area contributed by atoms with Gasteiger partial charge in [-0.05, 0) is 102 Å². The standard InChI is InChI=1S/C48H33N3/c1-4-14-36(15-5-1)49(37-16-6-2-7-17-37)39-26-28-40(29-27-39)51-45-22-12-10-20-41(45)43-30-24-35(33-48(43)51)34-25-31-47-44(32-34)42-21-11-13-23-46(42)50(47)38-18-8-3-9-19-38/h1-33H. The number of aromatic nitrogens is 2. The Balaban J connectivity index is 1.12. The molecule has 3 heteroatoms. The molecule has 3 nitrogen and oxygen atoms in total. The number of hydrogen-bond acceptors (Lipinski definition) is 1. The number of fused-ring (bicyclic) bond motifs is 6. The number of anilines is 3. The van der Waals surface area contributed by atoms with Crippen LogP contribution in [-0.4, -0.2) is 9.13 Å². The van der Waals surface area contributed by atoms with Crippen molar-refractivity contribution in [3.05, 3.63) is 200 Å². The lowest BCUT2D eigenvalue weighted by Crippen LogP contribution is -2.09. The van der Waals surface area contributed by atoms with Gasteiger partial charge in [-0.2, -0.15) is 0 Å². The Hall–Kier alpha value is -6.84. The molecule has 0 aliphatic rings. The molecule has 0 amide bonds. The first-order valence-electron chi connectivity index (χ1n) is 17.4. The largest absolute Gasteiger partial charge is 0.311 e. The summed E-state index contributed by atoms with van der Waals surface area (Å²) in [5.74, 6) is 0. The van der Waals surface area contributed by atoms with E-state index in [-0.39, 0.29) is 0 Å². The molecule has 0 spiro atoms. The number of nitrogens with zero attached hydrogens (tertiary/aromatic N) is 3. The van der Waals surface area contributed by atoms with Crippen LogP contribution in [0.5, 0.6) is 0 Å². The number of hydrogen-bond donors (Lipinski definition) is 0.